The summed E-state index contributed by atoms with van der Waals surface area (Å²) in [6.45, 7) is 3.81. The smallest absolute Gasteiger partial charge is 0.315 e. The number of nitrogens with two attached hydrogens (primary N) is 1. The van der Waals surface area contributed by atoms with E-state index in [9.17, 15) is 27.2 Å². The van der Waals surface area contributed by atoms with Crippen LogP contribution >= 0.6 is 11.8 Å². The predicted molar refractivity (Wildman–Crippen MR) is 201 cm³/mol. The zero-order valence-electron chi connectivity index (χ0n) is 29.9. The molecule has 52 heavy (non-hydrogen) atoms. The molecule has 4 heterocycles. The Kier molecular flexibility index (Phi) is 11.6. The third kappa shape index (κ3) is 8.02. The molecule has 0 aliphatic carbocycles. The van der Waals surface area contributed by atoms with E-state index in [1.807, 2.05) is 40.3 Å². The Bertz CT molecular complexity index is 1960. The van der Waals surface area contributed by atoms with Crippen molar-refractivity contribution < 1.29 is 27.2 Å². The number of urea groups is 1. The number of aromatic nitrogens is 1. The Hall–Kier alpha value is -3.92. The summed E-state index contributed by atoms with van der Waals surface area (Å²) >= 11 is 1.88. The van der Waals surface area contributed by atoms with Crippen molar-refractivity contribution in [2.75, 3.05) is 52.6 Å². The van der Waals surface area contributed by atoms with E-state index in [-0.39, 0.29) is 53.7 Å². The van der Waals surface area contributed by atoms with Gasteiger partial charge in [0.25, 0.3) is 5.91 Å². The molecule has 3 atom stereocenters. The lowest BCUT2D eigenvalue weighted by Crippen LogP contribution is -2.50. The molecule has 2 aromatic carbocycles. The summed E-state index contributed by atoms with van der Waals surface area (Å²) < 4.78 is 43.1. The van der Waals surface area contributed by atoms with Crippen molar-refractivity contribution in [3.63, 3.8) is 0 Å². The number of fused-ring (bicyclic) bond motifs is 2. The number of nitrogens with zero attached hydrogens (tertiary/aromatic N) is 4. The molecule has 3 aliphatic heterocycles. The van der Waals surface area contributed by atoms with Crippen LogP contribution in [-0.4, -0.2) is 115 Å². The van der Waals surface area contributed by atoms with Crippen LogP contribution in [0.15, 0.2) is 59.3 Å². The summed E-state index contributed by atoms with van der Waals surface area (Å²) in [5.74, 6) is 0.540. The molecule has 1 aromatic heterocycles. The molecule has 280 valence electrons. The van der Waals surface area contributed by atoms with Crippen molar-refractivity contribution >= 4 is 50.5 Å². The Morgan fingerprint density at radius 1 is 1.04 bits per heavy atom. The SMILES string of the molecule is Cc1c(Cc2ccc(S(=O)(=O)N(C)C)cc2)c2cc(C(=O)N3CCN(C(=O)CCCC[C@@H]4SC[C@@H]5NC(=O)N[C@@H]54)CC3)ccc2n1C/C(F)=C/CN. The van der Waals surface area contributed by atoms with E-state index >= 15 is 0 Å². The van der Waals surface area contributed by atoms with Gasteiger partial charge in [0.05, 0.1) is 23.5 Å². The van der Waals surface area contributed by atoms with Crippen molar-refractivity contribution in [1.29, 1.82) is 0 Å². The number of carbonyl (C=O) groups excluding carboxylic acids is 3. The molecule has 0 bridgehead atoms. The predicted octanol–water partition coefficient (Wildman–Crippen LogP) is 3.61. The highest BCUT2D eigenvalue weighted by atomic mass is 32.2. The largest absolute Gasteiger partial charge is 0.339 e. The van der Waals surface area contributed by atoms with Gasteiger partial charge in [-0.1, -0.05) is 18.6 Å². The highest BCUT2D eigenvalue weighted by molar-refractivity contribution is 8.00. The van der Waals surface area contributed by atoms with E-state index < -0.39 is 10.0 Å². The van der Waals surface area contributed by atoms with Crippen molar-refractivity contribution in [2.24, 2.45) is 5.73 Å². The van der Waals surface area contributed by atoms with E-state index in [2.05, 4.69) is 10.6 Å². The maximum atomic E-state index is 14.8. The Labute approximate surface area is 309 Å². The minimum absolute atomic E-state index is 0.000937. The molecule has 3 saturated heterocycles. The van der Waals surface area contributed by atoms with Crippen LogP contribution in [0.25, 0.3) is 10.9 Å². The van der Waals surface area contributed by atoms with Crippen molar-refractivity contribution in [2.45, 2.75) is 67.8 Å². The van der Waals surface area contributed by atoms with E-state index in [4.69, 9.17) is 5.73 Å². The van der Waals surface area contributed by atoms with Crippen LogP contribution in [0.2, 0.25) is 0 Å². The maximum Gasteiger partial charge on any atom is 0.315 e. The highest BCUT2D eigenvalue weighted by Gasteiger charge is 2.42. The second-order valence-corrected chi connectivity index (χ2v) is 17.3. The third-order valence-corrected chi connectivity index (χ3v) is 13.8. The Morgan fingerprint density at radius 3 is 2.44 bits per heavy atom. The van der Waals surface area contributed by atoms with Gasteiger partial charge in [0.15, 0.2) is 0 Å². The summed E-state index contributed by atoms with van der Waals surface area (Å²) in [6.07, 6.45) is 4.94. The van der Waals surface area contributed by atoms with Gasteiger partial charge >= 0.3 is 6.03 Å². The fourth-order valence-electron chi connectivity index (χ4n) is 7.41. The standard InChI is InChI=1S/C37H48FN7O5S2/c1-24-29(20-25-8-11-28(12-9-25)52(49,50)42(2)3)30-21-26(10-13-32(30)45(24)22-27(38)14-15-39)36(47)44-18-16-43(17-19-44)34(46)7-5-4-6-33-35-31(23-51-33)40-37(48)41-35/h8-14,21,31,33,35H,4-7,15-20,22-23,39H2,1-3H3,(H2,40,41,48)/b27-14-/t31-,33-,35-/m0/s1. The first kappa shape index (κ1) is 37.8. The number of hydrogen-bond donors (Lipinski definition) is 3. The summed E-state index contributed by atoms with van der Waals surface area (Å²) in [4.78, 5) is 42.3. The second kappa shape index (κ2) is 16.0. The molecule has 0 unspecified atom stereocenters. The molecular weight excluding hydrogens is 706 g/mol. The number of hydrogen-bond acceptors (Lipinski definition) is 7. The van der Waals surface area contributed by atoms with E-state index in [1.165, 1.54) is 24.5 Å². The van der Waals surface area contributed by atoms with Crippen LogP contribution in [-0.2, 0) is 27.8 Å². The van der Waals surface area contributed by atoms with E-state index in [0.29, 0.717) is 49.8 Å². The molecule has 3 aliphatic rings. The minimum Gasteiger partial charge on any atom is -0.339 e. The first-order valence-corrected chi connectivity index (χ1v) is 20.3. The molecule has 3 aromatic rings. The number of allylic oxidation sites excluding steroid dienone is 1. The number of sulfonamides is 1. The van der Waals surface area contributed by atoms with Gasteiger partial charge in [0, 0.05) is 86.4 Å². The number of nitrogens with one attached hydrogen (secondary N) is 2. The Balaban J connectivity index is 1.11. The lowest BCUT2D eigenvalue weighted by Gasteiger charge is -2.35. The zero-order chi connectivity index (χ0) is 37.2. The molecule has 4 amide bonds. The van der Waals surface area contributed by atoms with Gasteiger partial charge in [-0.05, 0) is 73.7 Å². The number of rotatable bonds is 13. The summed E-state index contributed by atoms with van der Waals surface area (Å²) in [5, 5.41) is 7.18. The summed E-state index contributed by atoms with van der Waals surface area (Å²) in [6, 6.07) is 12.5. The molecular formula is C37H48FN7O5S2. The average Bonchev–Trinajstić information content (AvgIpc) is 3.77. The number of halogens is 1. The summed E-state index contributed by atoms with van der Waals surface area (Å²) in [5.41, 5.74) is 9.49. The number of benzene rings is 2. The van der Waals surface area contributed by atoms with Crippen LogP contribution in [0.1, 0.15) is 52.9 Å². The number of carbonyl (C=O) groups is 3. The van der Waals surface area contributed by atoms with Crippen LogP contribution < -0.4 is 16.4 Å². The highest BCUT2D eigenvalue weighted by Crippen LogP contribution is 2.34. The molecule has 4 N–H and O–H groups in total. The van der Waals surface area contributed by atoms with Gasteiger partial charge in [-0.25, -0.2) is 21.9 Å². The van der Waals surface area contributed by atoms with Gasteiger partial charge in [-0.2, -0.15) is 11.8 Å². The van der Waals surface area contributed by atoms with Gasteiger partial charge in [-0.15, -0.1) is 0 Å². The zero-order valence-corrected chi connectivity index (χ0v) is 31.6. The third-order valence-electron chi connectivity index (χ3n) is 10.4. The molecule has 0 radical (unpaired) electrons. The normalized spacial score (nSPS) is 20.8. The average molecular weight is 754 g/mol. The molecule has 12 nitrogen and oxygen atoms in total. The second-order valence-electron chi connectivity index (χ2n) is 13.9. The van der Waals surface area contributed by atoms with Gasteiger partial charge < -0.3 is 30.7 Å². The fraction of sp³-hybridized carbons (Fsp3) is 0.486. The molecule has 15 heteroatoms. The molecule has 0 saturated carbocycles. The first-order valence-electron chi connectivity index (χ1n) is 17.8. The molecule has 3 fully saturated rings. The molecule has 6 rings (SSSR count). The Morgan fingerprint density at radius 2 is 1.75 bits per heavy atom. The van der Waals surface area contributed by atoms with Gasteiger partial charge in [0.2, 0.25) is 15.9 Å². The topological polar surface area (TPSA) is 150 Å². The monoisotopic (exact) mass is 753 g/mol. The van der Waals surface area contributed by atoms with E-state index in [1.54, 1.807) is 35.2 Å². The van der Waals surface area contributed by atoms with Crippen molar-refractivity contribution in [3.05, 3.63) is 76.8 Å². The van der Waals surface area contributed by atoms with Crippen molar-refractivity contribution in [1.82, 2.24) is 29.3 Å². The van der Waals surface area contributed by atoms with Crippen LogP contribution in [0.3, 0.4) is 0 Å². The summed E-state index contributed by atoms with van der Waals surface area (Å²) in [7, 11) is -0.598. The quantitative estimate of drug-likeness (QED) is 0.178. The minimum atomic E-state index is -3.58. The van der Waals surface area contributed by atoms with E-state index in [0.717, 1.165) is 52.7 Å². The maximum absolute atomic E-state index is 14.8. The molecule has 0 spiro atoms. The number of piperazine rings is 1. The first-order chi connectivity index (χ1) is 24.9. The number of thioether (sulfide) groups is 1. The van der Waals surface area contributed by atoms with Crippen LogP contribution in [0, 0.1) is 6.92 Å². The number of unbranched alkanes of at least 4 members (excludes halogenated alkanes) is 1. The van der Waals surface area contributed by atoms with Crippen molar-refractivity contribution in [3.8, 4) is 0 Å². The van der Waals surface area contributed by atoms with Crippen LogP contribution in [0.5, 0.6) is 0 Å². The van der Waals surface area contributed by atoms with Gasteiger partial charge in [-0.3, -0.25) is 9.59 Å². The van der Waals surface area contributed by atoms with Crippen LogP contribution in [0.4, 0.5) is 9.18 Å². The number of amides is 4. The lowest BCUT2D eigenvalue weighted by molar-refractivity contribution is -0.132. The lowest BCUT2D eigenvalue weighted by atomic mass is 10.0. The van der Waals surface area contributed by atoms with Gasteiger partial charge in [0.1, 0.15) is 5.83 Å². The fourth-order valence-corrected chi connectivity index (χ4v) is 9.86.